The summed E-state index contributed by atoms with van der Waals surface area (Å²) in [5.74, 6) is -5.91. The molecule has 0 bridgehead atoms. The van der Waals surface area contributed by atoms with Gasteiger partial charge in [0.05, 0.1) is 54.7 Å². The third-order valence-electron chi connectivity index (χ3n) is 9.64. The van der Waals surface area contributed by atoms with Crippen LogP contribution in [0.25, 0.3) is 0 Å². The second-order valence-electron chi connectivity index (χ2n) is 14.2. The van der Waals surface area contributed by atoms with Crippen LogP contribution in [0.2, 0.25) is 0 Å². The number of hydrogen-bond donors (Lipinski definition) is 8. The maximum Gasteiger partial charge on any atom is 0.311 e. The number of hydrogen-bond acceptors (Lipinski definition) is 14. The SMILES string of the molecule is CCCC1C/C=C/C=C/C=C/C=C/C(OC2O[C@H](C)[C@@H](O)[C@H](N)[C@@H]2O)CC(O)C(C(=O)O)C(O)CC(=O)CC(O)CCCC(=O)CC(O)C(CC)C(=O)O1. The third-order valence-corrected chi connectivity index (χ3v) is 9.64. The highest BCUT2D eigenvalue weighted by Gasteiger charge is 2.43. The molecule has 1 saturated heterocycles. The van der Waals surface area contributed by atoms with Gasteiger partial charge in [-0.3, -0.25) is 19.2 Å². The Morgan fingerprint density at radius 3 is 2.17 bits per heavy atom. The molecule has 0 radical (unpaired) electrons. The molecule has 306 valence electrons. The molecule has 2 heterocycles. The summed E-state index contributed by atoms with van der Waals surface area (Å²) in [6.07, 6.45) is 1.33. The molecule has 2 aliphatic heterocycles. The van der Waals surface area contributed by atoms with E-state index >= 15 is 0 Å². The number of carbonyl (C=O) groups is 4. The monoisotopic (exact) mass is 767 g/mol. The van der Waals surface area contributed by atoms with E-state index in [1.54, 1.807) is 43.4 Å². The smallest absolute Gasteiger partial charge is 0.311 e. The van der Waals surface area contributed by atoms with Crippen LogP contribution in [-0.4, -0.2) is 127 Å². The van der Waals surface area contributed by atoms with Gasteiger partial charge in [0.2, 0.25) is 0 Å². The van der Waals surface area contributed by atoms with Crippen LogP contribution in [0, 0.1) is 11.8 Å². The van der Waals surface area contributed by atoms with Crippen molar-refractivity contribution in [1.29, 1.82) is 0 Å². The maximum absolute atomic E-state index is 13.0. The summed E-state index contributed by atoms with van der Waals surface area (Å²) in [6.45, 7) is 5.21. The zero-order chi connectivity index (χ0) is 40.4. The van der Waals surface area contributed by atoms with Gasteiger partial charge in [0.15, 0.2) is 6.29 Å². The number of ether oxygens (including phenoxy) is 3. The number of aliphatic hydroxyl groups excluding tert-OH is 6. The standard InChI is InChI=1S/C39H61NO14/c1-4-14-27-17-11-9-7-6-8-10-12-18-28(54-39-36(48)34(40)35(47)23(3)52-39)22-32(46)33(37(49)50)31(45)21-26(43)19-24(41)15-13-16-25(42)20-30(44)29(5-2)38(51)53-27/h6-12,18,23-24,27-36,39,41,44-48H,4-5,13-17,19-22,40H2,1-3H3,(H,49,50)/b7-6+,10-8+,11-9+,18-12+/t23-,24?,27?,28?,29?,30?,31?,32?,33?,34+,35-,36+,39?/m1/s1. The van der Waals surface area contributed by atoms with Crippen molar-refractivity contribution in [1.82, 2.24) is 0 Å². The molecule has 0 aromatic heterocycles. The van der Waals surface area contributed by atoms with Crippen molar-refractivity contribution >= 4 is 23.5 Å². The van der Waals surface area contributed by atoms with E-state index in [0.717, 1.165) is 6.42 Å². The van der Waals surface area contributed by atoms with E-state index in [2.05, 4.69) is 0 Å². The zero-order valence-electron chi connectivity index (χ0n) is 31.5. The minimum atomic E-state index is -1.84. The highest BCUT2D eigenvalue weighted by molar-refractivity contribution is 5.81. The highest BCUT2D eigenvalue weighted by Crippen LogP contribution is 2.26. The minimum Gasteiger partial charge on any atom is -0.481 e. The first-order valence-electron chi connectivity index (χ1n) is 18.9. The Labute approximate surface area is 317 Å². The summed E-state index contributed by atoms with van der Waals surface area (Å²) in [6, 6.07) is -1.12. The van der Waals surface area contributed by atoms with Crippen LogP contribution in [0.15, 0.2) is 48.6 Å². The molecule has 0 aromatic rings. The first kappa shape index (κ1) is 47.0. The van der Waals surface area contributed by atoms with Gasteiger partial charge in [0, 0.05) is 38.5 Å². The fourth-order valence-electron chi connectivity index (χ4n) is 6.47. The van der Waals surface area contributed by atoms with Crippen molar-refractivity contribution in [2.75, 3.05) is 0 Å². The first-order valence-corrected chi connectivity index (χ1v) is 18.9. The van der Waals surface area contributed by atoms with Crippen molar-refractivity contribution in [3.63, 3.8) is 0 Å². The summed E-state index contributed by atoms with van der Waals surface area (Å²) in [7, 11) is 0. The van der Waals surface area contributed by atoms with Crippen LogP contribution in [0.3, 0.4) is 0 Å². The van der Waals surface area contributed by atoms with Crippen molar-refractivity contribution in [2.45, 2.75) is 159 Å². The average Bonchev–Trinajstić information content (AvgIpc) is 3.08. The van der Waals surface area contributed by atoms with E-state index in [4.69, 9.17) is 19.9 Å². The van der Waals surface area contributed by atoms with Gasteiger partial charge < -0.3 is 55.7 Å². The van der Waals surface area contributed by atoms with Crippen molar-refractivity contribution in [3.05, 3.63) is 48.6 Å². The Bertz CT molecular complexity index is 1300. The molecule has 0 spiro atoms. The van der Waals surface area contributed by atoms with Crippen LogP contribution in [0.1, 0.15) is 91.4 Å². The number of Topliss-reactive ketones (excluding diaryl/α,β-unsaturated/α-hetero) is 2. The van der Waals surface area contributed by atoms with Crippen molar-refractivity contribution < 1.29 is 69.1 Å². The van der Waals surface area contributed by atoms with Gasteiger partial charge in [-0.2, -0.15) is 0 Å². The largest absolute Gasteiger partial charge is 0.481 e. The van der Waals surface area contributed by atoms with E-state index < -0.39 is 116 Å². The van der Waals surface area contributed by atoms with Crippen LogP contribution in [0.5, 0.6) is 0 Å². The number of carbonyl (C=O) groups excluding carboxylic acids is 3. The summed E-state index contributed by atoms with van der Waals surface area (Å²) in [5.41, 5.74) is 5.94. The molecular formula is C39H61NO14. The lowest BCUT2D eigenvalue weighted by molar-refractivity contribution is -0.277. The van der Waals surface area contributed by atoms with Gasteiger partial charge in [-0.1, -0.05) is 68.9 Å². The number of carboxylic acid groups (broad SMARTS) is 1. The van der Waals surface area contributed by atoms with Gasteiger partial charge in [0.25, 0.3) is 0 Å². The van der Waals surface area contributed by atoms with Crippen LogP contribution in [0.4, 0.5) is 0 Å². The van der Waals surface area contributed by atoms with Gasteiger partial charge in [-0.05, 0) is 32.6 Å². The second kappa shape index (κ2) is 24.4. The topological polar surface area (TPSA) is 264 Å². The first-order chi connectivity index (χ1) is 25.6. The van der Waals surface area contributed by atoms with E-state index in [9.17, 15) is 54.9 Å². The number of esters is 1. The number of aliphatic carboxylic acids is 1. The van der Waals surface area contributed by atoms with E-state index in [1.807, 2.05) is 13.0 Å². The summed E-state index contributed by atoms with van der Waals surface area (Å²) < 4.78 is 17.2. The normalized spacial score (nSPS) is 39.0. The fraction of sp³-hybridized carbons (Fsp3) is 0.692. The molecule has 15 nitrogen and oxygen atoms in total. The summed E-state index contributed by atoms with van der Waals surface area (Å²) in [4.78, 5) is 50.6. The van der Waals surface area contributed by atoms with E-state index in [1.165, 1.54) is 13.0 Å². The Morgan fingerprint density at radius 2 is 1.52 bits per heavy atom. The van der Waals surface area contributed by atoms with Gasteiger partial charge in [0.1, 0.15) is 29.7 Å². The molecule has 9 unspecified atom stereocenters. The molecular weight excluding hydrogens is 706 g/mol. The number of aliphatic hydroxyl groups is 6. The lowest BCUT2D eigenvalue weighted by Crippen LogP contribution is -2.61. The Hall–Kier alpha value is -3.12. The van der Waals surface area contributed by atoms with Crippen molar-refractivity contribution in [2.24, 2.45) is 17.6 Å². The molecule has 2 rings (SSSR count). The van der Waals surface area contributed by atoms with Crippen molar-refractivity contribution in [3.8, 4) is 0 Å². The molecule has 1 fully saturated rings. The van der Waals surface area contributed by atoms with Crippen LogP contribution in [-0.2, 0) is 33.4 Å². The molecule has 2 aliphatic rings. The molecule has 13 atom stereocenters. The summed E-state index contributed by atoms with van der Waals surface area (Å²) >= 11 is 0. The molecule has 15 heteroatoms. The second-order valence-corrected chi connectivity index (χ2v) is 14.2. The highest BCUT2D eigenvalue weighted by atomic mass is 16.7. The van der Waals surface area contributed by atoms with E-state index in [-0.39, 0.29) is 37.9 Å². The molecule has 0 aliphatic carbocycles. The molecule has 0 amide bonds. The van der Waals surface area contributed by atoms with Crippen LogP contribution >= 0.6 is 0 Å². The van der Waals surface area contributed by atoms with Gasteiger partial charge >= 0.3 is 11.9 Å². The Balaban J connectivity index is 2.34. The van der Waals surface area contributed by atoms with Gasteiger partial charge in [-0.25, -0.2) is 0 Å². The number of rotatable bonds is 6. The number of nitrogens with two attached hydrogens (primary N) is 1. The predicted octanol–water partition coefficient (Wildman–Crippen LogP) is 1.55. The predicted molar refractivity (Wildman–Crippen MR) is 196 cm³/mol. The summed E-state index contributed by atoms with van der Waals surface area (Å²) in [5, 5.41) is 73.7. The molecule has 0 aromatic carbocycles. The Kier molecular flexibility index (Phi) is 21.3. The minimum absolute atomic E-state index is 0.0261. The number of ketones is 2. The molecule has 54 heavy (non-hydrogen) atoms. The molecule has 9 N–H and O–H groups in total. The molecule has 0 saturated carbocycles. The zero-order valence-corrected chi connectivity index (χ0v) is 31.5. The van der Waals surface area contributed by atoms with E-state index in [0.29, 0.717) is 12.8 Å². The quantitative estimate of drug-likeness (QED) is 0.178. The Morgan fingerprint density at radius 1 is 0.870 bits per heavy atom. The van der Waals surface area contributed by atoms with Crippen LogP contribution < -0.4 is 5.73 Å². The maximum atomic E-state index is 13.0. The third kappa shape index (κ3) is 15.9. The fourth-order valence-corrected chi connectivity index (χ4v) is 6.47. The average molecular weight is 768 g/mol. The number of cyclic esters (lactones) is 1. The lowest BCUT2D eigenvalue weighted by Gasteiger charge is -2.41. The lowest BCUT2D eigenvalue weighted by atomic mass is 9.88. The number of carboxylic acids is 1. The van der Waals surface area contributed by atoms with Gasteiger partial charge in [-0.15, -0.1) is 0 Å². The number of allylic oxidation sites excluding steroid dienone is 6.